The quantitative estimate of drug-likeness (QED) is 0.815. The van der Waals surface area contributed by atoms with Crippen molar-refractivity contribution in [1.29, 1.82) is 0 Å². The summed E-state index contributed by atoms with van der Waals surface area (Å²) in [6.07, 6.45) is -0.341. The van der Waals surface area contributed by atoms with Crippen LogP contribution in [0.5, 0.6) is 0 Å². The Kier molecular flexibility index (Phi) is 5.88. The van der Waals surface area contributed by atoms with Crippen molar-refractivity contribution in [3.05, 3.63) is 65.5 Å². The molecule has 0 unspecified atom stereocenters. The molecule has 1 heterocycles. The Morgan fingerprint density at radius 3 is 2.26 bits per heavy atom. The van der Waals surface area contributed by atoms with E-state index in [-0.39, 0.29) is 24.2 Å². The predicted molar refractivity (Wildman–Crippen MR) is 90.8 cm³/mol. The summed E-state index contributed by atoms with van der Waals surface area (Å²) >= 11 is 0. The molecule has 4 nitrogen and oxygen atoms in total. The molecule has 0 fully saturated rings. The largest absolute Gasteiger partial charge is 0.456 e. The third kappa shape index (κ3) is 4.89. The Balaban J connectivity index is 2.07. The van der Waals surface area contributed by atoms with Gasteiger partial charge in [-0.15, -0.1) is 0 Å². The average molecular weight is 312 g/mol. The van der Waals surface area contributed by atoms with Crippen LogP contribution in [-0.4, -0.2) is 11.0 Å². The molecule has 0 aliphatic carbocycles. The molecule has 1 N–H and O–H groups in total. The third-order valence-corrected chi connectivity index (χ3v) is 3.79. The lowest BCUT2D eigenvalue weighted by Crippen LogP contribution is -2.23. The van der Waals surface area contributed by atoms with Gasteiger partial charge in [0.25, 0.3) is 0 Å². The van der Waals surface area contributed by atoms with Crippen molar-refractivity contribution in [1.82, 2.24) is 10.3 Å². The minimum absolute atomic E-state index is 0.0923. The number of benzene rings is 1. The van der Waals surface area contributed by atoms with E-state index in [0.29, 0.717) is 0 Å². The number of carbonyl (C=O) groups is 1. The van der Waals surface area contributed by atoms with E-state index in [0.717, 1.165) is 11.4 Å². The number of esters is 1. The van der Waals surface area contributed by atoms with E-state index in [1.807, 2.05) is 43.3 Å². The van der Waals surface area contributed by atoms with Crippen LogP contribution in [-0.2, 0) is 9.53 Å². The van der Waals surface area contributed by atoms with Gasteiger partial charge in [0, 0.05) is 19.0 Å². The average Bonchev–Trinajstić information content (AvgIpc) is 2.55. The van der Waals surface area contributed by atoms with Crippen molar-refractivity contribution in [3.8, 4) is 0 Å². The van der Waals surface area contributed by atoms with Gasteiger partial charge in [-0.2, -0.15) is 0 Å². The lowest BCUT2D eigenvalue weighted by molar-refractivity contribution is -0.146. The molecular weight excluding hydrogens is 288 g/mol. The number of nitrogens with zero attached hydrogens (tertiary/aromatic N) is 1. The summed E-state index contributed by atoms with van der Waals surface area (Å²) < 4.78 is 5.20. The molecule has 1 aromatic carbocycles. The summed E-state index contributed by atoms with van der Waals surface area (Å²) in [6, 6.07) is 16.4. The van der Waals surface area contributed by atoms with Crippen molar-refractivity contribution >= 4 is 5.97 Å². The number of rotatable bonds is 6. The standard InChI is InChI=1S/C19H24N2O2/c1-13(17-9-6-5-7-10-17)20-14(2)18-11-8-12-19(21-18)15(3)23-16(4)22/h5-15,20H,1-4H3/t13-,14-,15-/m1/s1. The molecule has 0 saturated heterocycles. The molecule has 3 atom stereocenters. The van der Waals surface area contributed by atoms with Gasteiger partial charge in [-0.25, -0.2) is 0 Å². The van der Waals surface area contributed by atoms with Crippen LogP contribution in [0.3, 0.4) is 0 Å². The van der Waals surface area contributed by atoms with Gasteiger partial charge in [-0.1, -0.05) is 36.4 Å². The molecule has 23 heavy (non-hydrogen) atoms. The smallest absolute Gasteiger partial charge is 0.303 e. The number of ether oxygens (including phenoxy) is 1. The SMILES string of the molecule is CC(=O)O[C@H](C)c1cccc([C@@H](C)N[C@H](C)c2ccccc2)n1. The lowest BCUT2D eigenvalue weighted by Gasteiger charge is -2.21. The first-order valence-corrected chi connectivity index (χ1v) is 7.92. The maximum absolute atomic E-state index is 11.1. The van der Waals surface area contributed by atoms with Crippen LogP contribution in [0.1, 0.15) is 62.8 Å². The van der Waals surface area contributed by atoms with Gasteiger partial charge in [0.15, 0.2) is 0 Å². The molecular formula is C19H24N2O2. The molecule has 0 saturated carbocycles. The first kappa shape index (κ1) is 17.2. The monoisotopic (exact) mass is 312 g/mol. The summed E-state index contributed by atoms with van der Waals surface area (Å²) in [5.41, 5.74) is 2.94. The second kappa shape index (κ2) is 7.88. The number of aromatic nitrogens is 1. The Bertz CT molecular complexity index is 643. The van der Waals surface area contributed by atoms with Crippen LogP contribution in [0.25, 0.3) is 0 Å². The van der Waals surface area contributed by atoms with Gasteiger partial charge in [0.2, 0.25) is 0 Å². The van der Waals surface area contributed by atoms with E-state index in [4.69, 9.17) is 4.74 Å². The zero-order chi connectivity index (χ0) is 16.8. The maximum atomic E-state index is 11.1. The molecule has 0 amide bonds. The van der Waals surface area contributed by atoms with Crippen molar-refractivity contribution < 1.29 is 9.53 Å². The van der Waals surface area contributed by atoms with Gasteiger partial charge in [-0.05, 0) is 38.5 Å². The highest BCUT2D eigenvalue weighted by molar-refractivity contribution is 5.66. The van der Waals surface area contributed by atoms with E-state index < -0.39 is 0 Å². The van der Waals surface area contributed by atoms with Crippen molar-refractivity contribution in [2.75, 3.05) is 0 Å². The number of carbonyl (C=O) groups excluding carboxylic acids is 1. The third-order valence-electron chi connectivity index (χ3n) is 3.79. The van der Waals surface area contributed by atoms with Gasteiger partial charge < -0.3 is 10.1 Å². The lowest BCUT2D eigenvalue weighted by atomic mass is 10.1. The first-order chi connectivity index (χ1) is 11.0. The fourth-order valence-corrected chi connectivity index (χ4v) is 2.54. The van der Waals surface area contributed by atoms with Crippen LogP contribution in [0.4, 0.5) is 0 Å². The van der Waals surface area contributed by atoms with E-state index in [1.165, 1.54) is 12.5 Å². The van der Waals surface area contributed by atoms with Crippen LogP contribution >= 0.6 is 0 Å². The highest BCUT2D eigenvalue weighted by Gasteiger charge is 2.15. The van der Waals surface area contributed by atoms with Crippen LogP contribution in [0, 0.1) is 0 Å². The first-order valence-electron chi connectivity index (χ1n) is 7.92. The summed E-state index contributed by atoms with van der Waals surface area (Å²) in [4.78, 5) is 15.7. The summed E-state index contributed by atoms with van der Waals surface area (Å²) in [5, 5.41) is 3.55. The van der Waals surface area contributed by atoms with Gasteiger partial charge in [0.05, 0.1) is 11.4 Å². The zero-order valence-corrected chi connectivity index (χ0v) is 14.1. The van der Waals surface area contributed by atoms with Gasteiger partial charge in [-0.3, -0.25) is 9.78 Å². The molecule has 4 heteroatoms. The Hall–Kier alpha value is -2.20. The predicted octanol–water partition coefficient (Wildman–Crippen LogP) is 4.12. The number of hydrogen-bond acceptors (Lipinski definition) is 4. The maximum Gasteiger partial charge on any atom is 0.303 e. The van der Waals surface area contributed by atoms with Gasteiger partial charge in [0.1, 0.15) is 6.10 Å². The van der Waals surface area contributed by atoms with E-state index >= 15 is 0 Å². The van der Waals surface area contributed by atoms with Crippen LogP contribution in [0.15, 0.2) is 48.5 Å². The Labute approximate surface area is 137 Å². The molecule has 0 aliphatic rings. The summed E-state index contributed by atoms with van der Waals surface area (Å²) in [6.45, 7) is 7.46. The molecule has 2 aromatic rings. The number of pyridine rings is 1. The number of nitrogens with one attached hydrogen (secondary N) is 1. The molecule has 2 rings (SSSR count). The molecule has 0 aliphatic heterocycles. The van der Waals surface area contributed by atoms with Crippen LogP contribution in [0.2, 0.25) is 0 Å². The highest BCUT2D eigenvalue weighted by Crippen LogP contribution is 2.20. The van der Waals surface area contributed by atoms with Crippen molar-refractivity contribution in [2.24, 2.45) is 0 Å². The van der Waals surface area contributed by atoms with Crippen molar-refractivity contribution in [2.45, 2.75) is 45.9 Å². The second-order valence-corrected chi connectivity index (χ2v) is 5.76. The summed E-state index contributed by atoms with van der Waals surface area (Å²) in [5.74, 6) is -0.298. The Morgan fingerprint density at radius 1 is 0.957 bits per heavy atom. The fraction of sp³-hybridized carbons (Fsp3) is 0.368. The van der Waals surface area contributed by atoms with Crippen LogP contribution < -0.4 is 5.32 Å². The summed E-state index contributed by atoms with van der Waals surface area (Å²) in [7, 11) is 0. The second-order valence-electron chi connectivity index (χ2n) is 5.76. The molecule has 1 aromatic heterocycles. The van der Waals surface area contributed by atoms with E-state index in [2.05, 4.69) is 36.3 Å². The van der Waals surface area contributed by atoms with E-state index in [9.17, 15) is 4.79 Å². The molecule has 0 radical (unpaired) electrons. The topological polar surface area (TPSA) is 51.2 Å². The number of hydrogen-bond donors (Lipinski definition) is 1. The molecule has 0 bridgehead atoms. The fourth-order valence-electron chi connectivity index (χ4n) is 2.54. The zero-order valence-electron chi connectivity index (χ0n) is 14.1. The van der Waals surface area contributed by atoms with Crippen molar-refractivity contribution in [3.63, 3.8) is 0 Å². The minimum atomic E-state index is -0.341. The Morgan fingerprint density at radius 2 is 1.61 bits per heavy atom. The van der Waals surface area contributed by atoms with Gasteiger partial charge >= 0.3 is 5.97 Å². The normalized spacial score (nSPS) is 14.8. The molecule has 122 valence electrons. The van der Waals surface area contributed by atoms with E-state index in [1.54, 1.807) is 0 Å². The minimum Gasteiger partial charge on any atom is -0.456 e. The molecule has 0 spiro atoms. The highest BCUT2D eigenvalue weighted by atomic mass is 16.5.